The fourth-order valence-electron chi connectivity index (χ4n) is 3.27. The third-order valence-electron chi connectivity index (χ3n) is 4.76. The molecule has 0 radical (unpaired) electrons. The van der Waals surface area contributed by atoms with E-state index in [-0.39, 0.29) is 28.2 Å². The number of amidine groups is 2. The number of nitrogens with zero attached hydrogens (tertiary/aromatic N) is 2. The summed E-state index contributed by atoms with van der Waals surface area (Å²) >= 11 is 1.21. The minimum absolute atomic E-state index is 0.0307. The average molecular weight is 417 g/mol. The van der Waals surface area contributed by atoms with Crippen LogP contribution in [0, 0.1) is 11.2 Å². The topological polar surface area (TPSA) is 86.7 Å². The third-order valence-corrected chi connectivity index (χ3v) is 5.59. The van der Waals surface area contributed by atoms with E-state index in [2.05, 4.69) is 4.99 Å². The van der Waals surface area contributed by atoms with Crippen molar-refractivity contribution in [3.05, 3.63) is 92.9 Å². The van der Waals surface area contributed by atoms with Crippen LogP contribution in [0.25, 0.3) is 22.7 Å². The van der Waals surface area contributed by atoms with Crippen LogP contribution < -0.4 is 5.43 Å². The molecule has 1 amide bonds. The van der Waals surface area contributed by atoms with E-state index in [1.165, 1.54) is 41.1 Å². The second-order valence-electron chi connectivity index (χ2n) is 6.59. The summed E-state index contributed by atoms with van der Waals surface area (Å²) in [5.74, 6) is -1.09. The molecule has 0 fully saturated rings. The number of nitrogens with one attached hydrogen (secondary N) is 1. The standard InChI is InChI=1S/C22H12FN3O3S/c23-14-7-5-12(6-8-14)17-11-30-22-25-21(28)16(20(24)26(17)22)9-13-10-29-18-4-2-1-3-15(18)19(13)27/h1-11,24H/b16-9-,24-20?. The first kappa shape index (κ1) is 18.3. The molecule has 0 bridgehead atoms. The van der Waals surface area contributed by atoms with Gasteiger partial charge in [0.25, 0.3) is 5.91 Å². The van der Waals surface area contributed by atoms with Crippen molar-refractivity contribution in [2.24, 2.45) is 4.99 Å². The third kappa shape index (κ3) is 2.89. The summed E-state index contributed by atoms with van der Waals surface area (Å²) in [5, 5.41) is 11.1. The first-order valence-corrected chi connectivity index (χ1v) is 9.78. The second-order valence-corrected chi connectivity index (χ2v) is 7.42. The molecule has 6 nitrogen and oxygen atoms in total. The van der Waals surface area contributed by atoms with E-state index in [9.17, 15) is 14.0 Å². The quantitative estimate of drug-likeness (QED) is 0.631. The van der Waals surface area contributed by atoms with Gasteiger partial charge in [0.05, 0.1) is 22.2 Å². The maximum Gasteiger partial charge on any atom is 0.283 e. The number of carbonyl (C=O) groups excluding carboxylic acids is 1. The van der Waals surface area contributed by atoms with Gasteiger partial charge in [-0.25, -0.2) is 4.39 Å². The number of halogens is 1. The molecule has 0 saturated heterocycles. The molecule has 1 N–H and O–H groups in total. The van der Waals surface area contributed by atoms with Gasteiger partial charge in [0.1, 0.15) is 23.5 Å². The normalized spacial score (nSPS) is 17.4. The Morgan fingerprint density at radius 3 is 2.67 bits per heavy atom. The number of amides is 1. The molecular formula is C22H12FN3O3S. The minimum atomic E-state index is -0.611. The van der Waals surface area contributed by atoms with Gasteiger partial charge < -0.3 is 4.42 Å². The Morgan fingerprint density at radius 2 is 1.87 bits per heavy atom. The summed E-state index contributed by atoms with van der Waals surface area (Å²) < 4.78 is 18.8. The van der Waals surface area contributed by atoms with Crippen LogP contribution in [0.3, 0.4) is 0 Å². The monoisotopic (exact) mass is 417 g/mol. The molecule has 3 aromatic rings. The van der Waals surface area contributed by atoms with Crippen LogP contribution >= 0.6 is 11.8 Å². The molecule has 2 aliphatic rings. The summed E-state index contributed by atoms with van der Waals surface area (Å²) in [7, 11) is 0. The summed E-state index contributed by atoms with van der Waals surface area (Å²) in [5.41, 5.74) is 1.54. The van der Waals surface area contributed by atoms with Crippen LogP contribution in [-0.4, -0.2) is 21.8 Å². The molecule has 5 rings (SSSR count). The molecule has 146 valence electrons. The van der Waals surface area contributed by atoms with E-state index in [0.29, 0.717) is 27.4 Å². The van der Waals surface area contributed by atoms with Gasteiger partial charge in [-0.3, -0.25) is 19.9 Å². The highest BCUT2D eigenvalue weighted by molar-refractivity contribution is 8.17. The lowest BCUT2D eigenvalue weighted by atomic mass is 10.1. The van der Waals surface area contributed by atoms with Crippen molar-refractivity contribution in [3.8, 4) is 0 Å². The van der Waals surface area contributed by atoms with Crippen LogP contribution in [0.15, 0.2) is 80.0 Å². The van der Waals surface area contributed by atoms with Gasteiger partial charge in [-0.2, -0.15) is 4.99 Å². The predicted molar refractivity (Wildman–Crippen MR) is 114 cm³/mol. The number of hydrogen-bond donors (Lipinski definition) is 1. The highest BCUT2D eigenvalue weighted by atomic mass is 32.2. The molecule has 8 heteroatoms. The molecule has 0 saturated carbocycles. The number of rotatable bonds is 2. The SMILES string of the molecule is N=C1/C(=C/c2coc3ccccc3c2=O)C(=O)N=C2SC=C(c3ccc(F)cc3)N12. The fraction of sp³-hybridized carbons (Fsp3) is 0. The summed E-state index contributed by atoms with van der Waals surface area (Å²) in [4.78, 5) is 30.9. The summed E-state index contributed by atoms with van der Waals surface area (Å²) in [6.07, 6.45) is 2.60. The van der Waals surface area contributed by atoms with Crippen LogP contribution in [0.1, 0.15) is 11.1 Å². The predicted octanol–water partition coefficient (Wildman–Crippen LogP) is 4.24. The molecule has 30 heavy (non-hydrogen) atoms. The number of benzene rings is 2. The summed E-state index contributed by atoms with van der Waals surface area (Å²) in [6.45, 7) is 0. The zero-order valence-electron chi connectivity index (χ0n) is 15.3. The number of carbonyl (C=O) groups is 1. The lowest BCUT2D eigenvalue weighted by Gasteiger charge is -2.26. The van der Waals surface area contributed by atoms with Crippen molar-refractivity contribution in [2.75, 3.05) is 0 Å². The Bertz CT molecular complexity index is 1390. The zero-order chi connectivity index (χ0) is 20.8. The van der Waals surface area contributed by atoms with Gasteiger partial charge in [0.2, 0.25) is 0 Å². The Balaban J connectivity index is 1.58. The van der Waals surface area contributed by atoms with E-state index in [4.69, 9.17) is 9.83 Å². The van der Waals surface area contributed by atoms with Crippen LogP contribution in [0.5, 0.6) is 0 Å². The number of thioether (sulfide) groups is 1. The first-order chi connectivity index (χ1) is 14.5. The van der Waals surface area contributed by atoms with Gasteiger partial charge in [-0.15, -0.1) is 0 Å². The van der Waals surface area contributed by atoms with E-state index in [1.54, 1.807) is 41.8 Å². The van der Waals surface area contributed by atoms with Crippen LogP contribution in [0.4, 0.5) is 4.39 Å². The fourth-order valence-corrected chi connectivity index (χ4v) is 4.16. The zero-order valence-corrected chi connectivity index (χ0v) is 16.1. The second kappa shape index (κ2) is 6.93. The molecule has 0 aliphatic carbocycles. The highest BCUT2D eigenvalue weighted by Crippen LogP contribution is 2.37. The molecule has 2 aromatic carbocycles. The number of para-hydroxylation sites is 1. The van der Waals surface area contributed by atoms with E-state index in [0.717, 1.165) is 0 Å². The maximum atomic E-state index is 13.3. The Labute approximate surface area is 173 Å². The molecule has 2 aliphatic heterocycles. The van der Waals surface area contributed by atoms with Gasteiger partial charge in [0.15, 0.2) is 10.6 Å². The van der Waals surface area contributed by atoms with Gasteiger partial charge in [-0.1, -0.05) is 23.9 Å². The van der Waals surface area contributed by atoms with Crippen molar-refractivity contribution >= 4 is 51.4 Å². The Kier molecular flexibility index (Phi) is 4.22. The average Bonchev–Trinajstić information content (AvgIpc) is 3.17. The van der Waals surface area contributed by atoms with E-state index < -0.39 is 5.91 Å². The lowest BCUT2D eigenvalue weighted by Crippen LogP contribution is -2.38. The van der Waals surface area contributed by atoms with Crippen molar-refractivity contribution in [2.45, 2.75) is 0 Å². The number of hydrogen-bond acceptors (Lipinski definition) is 5. The van der Waals surface area contributed by atoms with Crippen LogP contribution in [0.2, 0.25) is 0 Å². The minimum Gasteiger partial charge on any atom is -0.463 e. The van der Waals surface area contributed by atoms with E-state index in [1.807, 2.05) is 0 Å². The number of aliphatic imine (C=N–C) groups is 1. The number of fused-ring (bicyclic) bond motifs is 2. The molecule has 3 heterocycles. The molecule has 0 spiro atoms. The molecular weight excluding hydrogens is 405 g/mol. The smallest absolute Gasteiger partial charge is 0.283 e. The van der Waals surface area contributed by atoms with Crippen molar-refractivity contribution in [1.29, 1.82) is 5.41 Å². The molecule has 0 atom stereocenters. The lowest BCUT2D eigenvalue weighted by molar-refractivity contribution is -0.114. The molecule has 0 unspecified atom stereocenters. The molecule has 1 aromatic heterocycles. The van der Waals surface area contributed by atoms with Gasteiger partial charge >= 0.3 is 0 Å². The Hall–Kier alpha value is -3.78. The summed E-state index contributed by atoms with van der Waals surface area (Å²) in [6, 6.07) is 12.6. The van der Waals surface area contributed by atoms with Crippen molar-refractivity contribution in [1.82, 2.24) is 4.90 Å². The first-order valence-electron chi connectivity index (χ1n) is 8.90. The highest BCUT2D eigenvalue weighted by Gasteiger charge is 2.36. The van der Waals surface area contributed by atoms with Gasteiger partial charge in [0, 0.05) is 5.41 Å². The van der Waals surface area contributed by atoms with E-state index >= 15 is 0 Å². The Morgan fingerprint density at radius 1 is 1.10 bits per heavy atom. The maximum absolute atomic E-state index is 13.3. The largest absolute Gasteiger partial charge is 0.463 e. The van der Waals surface area contributed by atoms with Crippen LogP contribution in [-0.2, 0) is 4.79 Å². The van der Waals surface area contributed by atoms with Crippen molar-refractivity contribution in [3.63, 3.8) is 0 Å². The van der Waals surface area contributed by atoms with Crippen molar-refractivity contribution < 1.29 is 13.6 Å². The van der Waals surface area contributed by atoms with Gasteiger partial charge in [-0.05, 0) is 48.0 Å².